The summed E-state index contributed by atoms with van der Waals surface area (Å²) in [6, 6.07) is 9.58. The van der Waals surface area contributed by atoms with Crippen molar-refractivity contribution >= 4 is 17.9 Å². The van der Waals surface area contributed by atoms with Crippen LogP contribution < -0.4 is 0 Å². The average molecular weight is 268 g/mol. The number of aliphatic imine (C=N–C) groups is 1. The number of hydrogen-bond acceptors (Lipinski definition) is 4. The maximum Gasteiger partial charge on any atom is 0.363 e. The number of ether oxygens (including phenoxy) is 1. The van der Waals surface area contributed by atoms with Crippen molar-refractivity contribution in [2.75, 3.05) is 0 Å². The number of nitrogens with zero attached hydrogens (tertiary/aromatic N) is 2. The van der Waals surface area contributed by atoms with Crippen LogP contribution in [0.3, 0.4) is 0 Å². The van der Waals surface area contributed by atoms with Crippen molar-refractivity contribution in [3.8, 4) is 0 Å². The van der Waals surface area contributed by atoms with Crippen LogP contribution in [0.25, 0.3) is 6.08 Å². The SMILES string of the molecule is O=C1OC(c2cccnc2)=N/C1=C\c1ccccc1F. The largest absolute Gasteiger partial charge is 0.402 e. The first-order valence-electron chi connectivity index (χ1n) is 5.91. The molecule has 2 aromatic rings. The second-order valence-electron chi connectivity index (χ2n) is 4.10. The number of halogens is 1. The number of esters is 1. The molecule has 0 saturated carbocycles. The smallest absolute Gasteiger partial charge is 0.363 e. The summed E-state index contributed by atoms with van der Waals surface area (Å²) in [6.45, 7) is 0. The van der Waals surface area contributed by atoms with Crippen LogP contribution in [-0.4, -0.2) is 16.9 Å². The van der Waals surface area contributed by atoms with Crippen molar-refractivity contribution in [2.45, 2.75) is 0 Å². The van der Waals surface area contributed by atoms with Gasteiger partial charge in [0.2, 0.25) is 5.90 Å². The van der Waals surface area contributed by atoms with E-state index in [0.717, 1.165) is 0 Å². The summed E-state index contributed by atoms with van der Waals surface area (Å²) < 4.78 is 18.6. The van der Waals surface area contributed by atoms with E-state index in [4.69, 9.17) is 4.74 Å². The fourth-order valence-electron chi connectivity index (χ4n) is 1.76. The number of carbonyl (C=O) groups is 1. The van der Waals surface area contributed by atoms with Gasteiger partial charge < -0.3 is 4.74 Å². The third-order valence-corrected chi connectivity index (χ3v) is 2.73. The molecule has 5 heteroatoms. The fraction of sp³-hybridized carbons (Fsp3) is 0. The summed E-state index contributed by atoms with van der Waals surface area (Å²) in [7, 11) is 0. The molecule has 0 amide bonds. The first-order chi connectivity index (χ1) is 9.74. The van der Waals surface area contributed by atoms with E-state index < -0.39 is 11.8 Å². The summed E-state index contributed by atoms with van der Waals surface area (Å²) in [5.41, 5.74) is 0.947. The molecule has 3 rings (SSSR count). The molecule has 1 aliphatic rings. The first-order valence-corrected chi connectivity index (χ1v) is 5.91. The predicted octanol–water partition coefficient (Wildman–Crippen LogP) is 2.57. The molecule has 0 unspecified atom stereocenters. The third kappa shape index (κ3) is 2.33. The molecule has 4 nitrogen and oxygen atoms in total. The molecule has 0 fully saturated rings. The van der Waals surface area contributed by atoms with E-state index in [0.29, 0.717) is 5.56 Å². The van der Waals surface area contributed by atoms with Gasteiger partial charge in [0.15, 0.2) is 5.70 Å². The van der Waals surface area contributed by atoms with Gasteiger partial charge in [-0.05, 0) is 24.3 Å². The molecular weight excluding hydrogens is 259 g/mol. The van der Waals surface area contributed by atoms with Crippen molar-refractivity contribution in [3.63, 3.8) is 0 Å². The van der Waals surface area contributed by atoms with Crippen LogP contribution in [0.15, 0.2) is 59.5 Å². The lowest BCUT2D eigenvalue weighted by atomic mass is 10.2. The van der Waals surface area contributed by atoms with Crippen LogP contribution in [0.1, 0.15) is 11.1 Å². The Morgan fingerprint density at radius 1 is 1.15 bits per heavy atom. The number of pyridine rings is 1. The normalized spacial score (nSPS) is 16.1. The summed E-state index contributed by atoms with van der Waals surface area (Å²) in [5, 5.41) is 0. The van der Waals surface area contributed by atoms with E-state index >= 15 is 0 Å². The molecule has 2 heterocycles. The molecule has 0 N–H and O–H groups in total. The number of cyclic esters (lactones) is 1. The Morgan fingerprint density at radius 3 is 2.75 bits per heavy atom. The molecule has 0 spiro atoms. The van der Waals surface area contributed by atoms with Crippen LogP contribution in [-0.2, 0) is 9.53 Å². The van der Waals surface area contributed by atoms with Gasteiger partial charge in [-0.15, -0.1) is 0 Å². The highest BCUT2D eigenvalue weighted by molar-refractivity contribution is 6.12. The van der Waals surface area contributed by atoms with Gasteiger partial charge in [0.1, 0.15) is 5.82 Å². The van der Waals surface area contributed by atoms with Crippen LogP contribution in [0.2, 0.25) is 0 Å². The van der Waals surface area contributed by atoms with Crippen molar-refractivity contribution in [3.05, 3.63) is 71.4 Å². The van der Waals surface area contributed by atoms with Gasteiger partial charge in [0, 0.05) is 18.0 Å². The maximum absolute atomic E-state index is 13.5. The number of benzene rings is 1. The highest BCUT2D eigenvalue weighted by Crippen LogP contribution is 2.19. The second-order valence-corrected chi connectivity index (χ2v) is 4.10. The first kappa shape index (κ1) is 12.2. The Hall–Kier alpha value is -2.82. The lowest BCUT2D eigenvalue weighted by Gasteiger charge is -1.96. The summed E-state index contributed by atoms with van der Waals surface area (Å²) >= 11 is 0. The van der Waals surface area contributed by atoms with E-state index in [1.54, 1.807) is 36.5 Å². The number of hydrogen-bond donors (Lipinski definition) is 0. The predicted molar refractivity (Wildman–Crippen MR) is 71.2 cm³/mol. The van der Waals surface area contributed by atoms with E-state index in [2.05, 4.69) is 9.98 Å². The Kier molecular flexibility index (Phi) is 3.09. The van der Waals surface area contributed by atoms with Gasteiger partial charge in [-0.25, -0.2) is 14.2 Å². The minimum atomic E-state index is -0.605. The molecule has 0 bridgehead atoms. The molecule has 0 radical (unpaired) electrons. The minimum Gasteiger partial charge on any atom is -0.402 e. The maximum atomic E-state index is 13.5. The van der Waals surface area contributed by atoms with Gasteiger partial charge in [0.05, 0.1) is 5.56 Å². The van der Waals surface area contributed by atoms with Crippen molar-refractivity contribution in [1.29, 1.82) is 0 Å². The zero-order chi connectivity index (χ0) is 13.9. The third-order valence-electron chi connectivity index (χ3n) is 2.73. The van der Waals surface area contributed by atoms with E-state index in [1.807, 2.05) is 0 Å². The molecule has 1 aliphatic heterocycles. The Morgan fingerprint density at radius 2 is 2.00 bits per heavy atom. The molecule has 0 aliphatic carbocycles. The van der Waals surface area contributed by atoms with Crippen LogP contribution >= 0.6 is 0 Å². The van der Waals surface area contributed by atoms with Gasteiger partial charge in [-0.3, -0.25) is 4.98 Å². The van der Waals surface area contributed by atoms with Gasteiger partial charge >= 0.3 is 5.97 Å². The van der Waals surface area contributed by atoms with Crippen LogP contribution in [0.4, 0.5) is 4.39 Å². The van der Waals surface area contributed by atoms with Crippen LogP contribution in [0.5, 0.6) is 0 Å². The van der Waals surface area contributed by atoms with Crippen LogP contribution in [0, 0.1) is 5.82 Å². The molecular formula is C15H9FN2O2. The summed E-state index contributed by atoms with van der Waals surface area (Å²) in [5.74, 6) is -0.851. The van der Waals surface area contributed by atoms with Crippen molar-refractivity contribution in [1.82, 2.24) is 4.98 Å². The molecule has 20 heavy (non-hydrogen) atoms. The average Bonchev–Trinajstić information content (AvgIpc) is 2.84. The zero-order valence-electron chi connectivity index (χ0n) is 10.3. The lowest BCUT2D eigenvalue weighted by molar-refractivity contribution is -0.129. The monoisotopic (exact) mass is 268 g/mol. The summed E-state index contributed by atoms with van der Waals surface area (Å²) in [6.07, 6.45) is 4.51. The molecule has 1 aromatic heterocycles. The van der Waals surface area contributed by atoms with E-state index in [1.165, 1.54) is 18.3 Å². The lowest BCUT2D eigenvalue weighted by Crippen LogP contribution is -2.05. The Balaban J connectivity index is 1.97. The number of rotatable bonds is 2. The van der Waals surface area contributed by atoms with Gasteiger partial charge in [-0.2, -0.15) is 0 Å². The molecule has 1 aromatic carbocycles. The quantitative estimate of drug-likeness (QED) is 0.621. The minimum absolute atomic E-state index is 0.0638. The standard InChI is InChI=1S/C15H9FN2O2/c16-12-6-2-1-4-10(12)8-13-15(19)20-14(18-13)11-5-3-7-17-9-11/h1-9H/b13-8-. The number of carbonyl (C=O) groups excluding carboxylic acids is 1. The van der Waals surface area contributed by atoms with E-state index in [-0.39, 0.29) is 17.2 Å². The van der Waals surface area contributed by atoms with Crippen molar-refractivity contribution < 1.29 is 13.9 Å². The summed E-state index contributed by atoms with van der Waals surface area (Å²) in [4.78, 5) is 19.7. The molecule has 98 valence electrons. The fourth-order valence-corrected chi connectivity index (χ4v) is 1.76. The number of aromatic nitrogens is 1. The Labute approximate surface area is 114 Å². The second kappa shape index (κ2) is 5.05. The molecule has 0 atom stereocenters. The van der Waals surface area contributed by atoms with Gasteiger partial charge in [-0.1, -0.05) is 18.2 Å². The van der Waals surface area contributed by atoms with Gasteiger partial charge in [0.25, 0.3) is 0 Å². The Bertz CT molecular complexity index is 724. The van der Waals surface area contributed by atoms with E-state index in [9.17, 15) is 9.18 Å². The zero-order valence-corrected chi connectivity index (χ0v) is 10.3. The molecule has 0 saturated heterocycles. The van der Waals surface area contributed by atoms with Crippen molar-refractivity contribution in [2.24, 2.45) is 4.99 Å². The highest BCUT2D eigenvalue weighted by Gasteiger charge is 2.24. The topological polar surface area (TPSA) is 51.5 Å². The highest BCUT2D eigenvalue weighted by atomic mass is 19.1.